The number of carbonyl (C=O) groups is 1. The van der Waals surface area contributed by atoms with E-state index in [1.807, 2.05) is 4.90 Å². The van der Waals surface area contributed by atoms with Gasteiger partial charge in [-0.1, -0.05) is 0 Å². The molecule has 0 aromatic heterocycles. The molecule has 5 nitrogen and oxygen atoms in total. The van der Waals surface area contributed by atoms with Crippen LogP contribution in [0.15, 0.2) is 0 Å². The lowest BCUT2D eigenvalue weighted by atomic mass is 9.96. The van der Waals surface area contributed by atoms with Gasteiger partial charge in [0, 0.05) is 19.6 Å². The second-order valence-electron chi connectivity index (χ2n) is 5.22. The maximum Gasteiger partial charge on any atom is 0.227 e. The first-order chi connectivity index (χ1) is 8.81. The zero-order valence-electron chi connectivity index (χ0n) is 11.1. The van der Waals surface area contributed by atoms with Gasteiger partial charge in [-0.05, 0) is 38.9 Å². The first-order valence-electron chi connectivity index (χ1n) is 7.10. The number of likely N-dealkylation sites (tertiary alicyclic amines) is 1. The normalized spacial score (nSPS) is 26.3. The Kier molecular flexibility index (Phi) is 5.41. The quantitative estimate of drug-likeness (QED) is 0.762. The summed E-state index contributed by atoms with van der Waals surface area (Å²) in [5.74, 6) is 0.519. The molecule has 5 heteroatoms. The van der Waals surface area contributed by atoms with Crippen LogP contribution < -0.4 is 5.73 Å². The summed E-state index contributed by atoms with van der Waals surface area (Å²) in [6, 6.07) is 0. The third-order valence-electron chi connectivity index (χ3n) is 3.86. The minimum atomic E-state index is 0.189. The molecule has 1 amide bonds. The van der Waals surface area contributed by atoms with Gasteiger partial charge in [0.1, 0.15) is 0 Å². The number of hydrogen-bond acceptors (Lipinski definition) is 4. The van der Waals surface area contributed by atoms with Crippen molar-refractivity contribution < 1.29 is 9.53 Å². The molecule has 0 radical (unpaired) electrons. The Hall–Kier alpha value is -0.650. The van der Waals surface area contributed by atoms with Crippen molar-refractivity contribution >= 4 is 5.91 Å². The van der Waals surface area contributed by atoms with E-state index < -0.39 is 0 Å². The molecule has 0 aliphatic carbocycles. The highest BCUT2D eigenvalue weighted by atomic mass is 16.5. The van der Waals surface area contributed by atoms with E-state index in [9.17, 15) is 4.79 Å². The predicted molar refractivity (Wildman–Crippen MR) is 70.2 cm³/mol. The lowest BCUT2D eigenvalue weighted by molar-refractivity contribution is -0.141. The molecule has 2 saturated heterocycles. The van der Waals surface area contributed by atoms with Crippen molar-refractivity contribution in [3.8, 4) is 0 Å². The van der Waals surface area contributed by atoms with Crippen molar-refractivity contribution in [2.45, 2.75) is 19.3 Å². The Balaban J connectivity index is 1.81. The molecule has 2 rings (SSSR count). The van der Waals surface area contributed by atoms with E-state index in [4.69, 9.17) is 10.5 Å². The number of nitrogens with zero attached hydrogens (tertiary/aromatic N) is 2. The average molecular weight is 255 g/mol. The van der Waals surface area contributed by atoms with Gasteiger partial charge in [0.2, 0.25) is 5.91 Å². The number of rotatable bonds is 4. The van der Waals surface area contributed by atoms with Crippen LogP contribution >= 0.6 is 0 Å². The van der Waals surface area contributed by atoms with E-state index >= 15 is 0 Å². The summed E-state index contributed by atoms with van der Waals surface area (Å²) in [6.45, 7) is 6.70. The summed E-state index contributed by atoms with van der Waals surface area (Å²) in [5.41, 5.74) is 5.54. The number of carbonyl (C=O) groups excluding carboxylic acids is 1. The Bertz CT molecular complexity index is 267. The van der Waals surface area contributed by atoms with Crippen LogP contribution in [0.1, 0.15) is 19.3 Å². The largest absolute Gasteiger partial charge is 0.378 e. The molecule has 1 unspecified atom stereocenters. The standard InChI is InChI=1S/C13H25N3O2/c14-4-2-6-15-5-1-3-12(11-15)13(17)16-7-9-18-10-8-16/h12H,1-11,14H2. The summed E-state index contributed by atoms with van der Waals surface area (Å²) >= 11 is 0. The molecule has 0 spiro atoms. The summed E-state index contributed by atoms with van der Waals surface area (Å²) in [4.78, 5) is 16.8. The summed E-state index contributed by atoms with van der Waals surface area (Å²) < 4.78 is 5.29. The summed E-state index contributed by atoms with van der Waals surface area (Å²) in [5, 5.41) is 0. The van der Waals surface area contributed by atoms with Crippen LogP contribution in [-0.4, -0.2) is 68.2 Å². The number of amides is 1. The minimum Gasteiger partial charge on any atom is -0.378 e. The van der Waals surface area contributed by atoms with Gasteiger partial charge in [0.05, 0.1) is 19.1 Å². The van der Waals surface area contributed by atoms with Gasteiger partial charge < -0.3 is 20.3 Å². The molecule has 104 valence electrons. The SMILES string of the molecule is NCCCN1CCCC(C(=O)N2CCOCC2)C1. The van der Waals surface area contributed by atoms with Gasteiger partial charge in [-0.15, -0.1) is 0 Å². The topological polar surface area (TPSA) is 58.8 Å². The molecule has 2 aliphatic rings. The van der Waals surface area contributed by atoms with Gasteiger partial charge in [0.15, 0.2) is 0 Å². The van der Waals surface area contributed by atoms with Gasteiger partial charge in [-0.25, -0.2) is 0 Å². The lowest BCUT2D eigenvalue weighted by Crippen LogP contribution is -2.48. The number of piperidine rings is 1. The smallest absolute Gasteiger partial charge is 0.227 e. The molecule has 0 bridgehead atoms. The molecule has 0 aromatic rings. The third-order valence-corrected chi connectivity index (χ3v) is 3.86. The fourth-order valence-corrected chi connectivity index (χ4v) is 2.82. The zero-order valence-corrected chi connectivity index (χ0v) is 11.1. The van der Waals surface area contributed by atoms with E-state index in [1.54, 1.807) is 0 Å². The minimum absolute atomic E-state index is 0.189. The predicted octanol–water partition coefficient (Wildman–Crippen LogP) is -0.0940. The van der Waals surface area contributed by atoms with Crippen LogP contribution in [0.5, 0.6) is 0 Å². The summed E-state index contributed by atoms with van der Waals surface area (Å²) in [7, 11) is 0. The molecule has 2 heterocycles. The highest BCUT2D eigenvalue weighted by molar-refractivity contribution is 5.79. The fourth-order valence-electron chi connectivity index (χ4n) is 2.82. The van der Waals surface area contributed by atoms with Crippen LogP contribution in [0.2, 0.25) is 0 Å². The number of morpholine rings is 1. The summed E-state index contributed by atoms with van der Waals surface area (Å²) in [6.07, 6.45) is 3.19. The Morgan fingerprint density at radius 3 is 2.78 bits per heavy atom. The van der Waals surface area contributed by atoms with Crippen molar-refractivity contribution in [1.29, 1.82) is 0 Å². The van der Waals surface area contributed by atoms with Crippen molar-refractivity contribution in [3.05, 3.63) is 0 Å². The molecule has 2 aliphatic heterocycles. The molecule has 18 heavy (non-hydrogen) atoms. The van der Waals surface area contributed by atoms with Crippen molar-refractivity contribution in [2.75, 3.05) is 52.5 Å². The fraction of sp³-hybridized carbons (Fsp3) is 0.923. The molecule has 0 saturated carbocycles. The van der Waals surface area contributed by atoms with Gasteiger partial charge in [-0.2, -0.15) is 0 Å². The van der Waals surface area contributed by atoms with Gasteiger partial charge in [0.25, 0.3) is 0 Å². The van der Waals surface area contributed by atoms with E-state index in [0.29, 0.717) is 19.1 Å². The van der Waals surface area contributed by atoms with Gasteiger partial charge >= 0.3 is 0 Å². The molecular formula is C13H25N3O2. The highest BCUT2D eigenvalue weighted by Gasteiger charge is 2.29. The van der Waals surface area contributed by atoms with Crippen molar-refractivity contribution in [1.82, 2.24) is 9.80 Å². The van der Waals surface area contributed by atoms with Crippen LogP contribution in [-0.2, 0) is 9.53 Å². The zero-order chi connectivity index (χ0) is 12.8. The Labute approximate surface area is 109 Å². The third kappa shape index (κ3) is 3.67. The number of ether oxygens (including phenoxy) is 1. The maximum absolute atomic E-state index is 12.4. The van der Waals surface area contributed by atoms with E-state index in [0.717, 1.165) is 58.5 Å². The van der Waals surface area contributed by atoms with Crippen LogP contribution in [0.4, 0.5) is 0 Å². The van der Waals surface area contributed by atoms with Gasteiger partial charge in [-0.3, -0.25) is 4.79 Å². The van der Waals surface area contributed by atoms with E-state index in [2.05, 4.69) is 4.90 Å². The average Bonchev–Trinajstić information content (AvgIpc) is 2.45. The molecule has 2 fully saturated rings. The molecule has 1 atom stereocenters. The highest BCUT2D eigenvalue weighted by Crippen LogP contribution is 2.19. The van der Waals surface area contributed by atoms with Crippen LogP contribution in [0, 0.1) is 5.92 Å². The number of nitrogens with two attached hydrogens (primary N) is 1. The van der Waals surface area contributed by atoms with Crippen molar-refractivity contribution in [2.24, 2.45) is 11.7 Å². The number of hydrogen-bond donors (Lipinski definition) is 1. The van der Waals surface area contributed by atoms with Crippen LogP contribution in [0.3, 0.4) is 0 Å². The second-order valence-corrected chi connectivity index (χ2v) is 5.22. The maximum atomic E-state index is 12.4. The van der Waals surface area contributed by atoms with E-state index in [-0.39, 0.29) is 5.92 Å². The van der Waals surface area contributed by atoms with Crippen LogP contribution in [0.25, 0.3) is 0 Å². The van der Waals surface area contributed by atoms with E-state index in [1.165, 1.54) is 0 Å². The second kappa shape index (κ2) is 7.07. The molecule has 2 N–H and O–H groups in total. The first-order valence-corrected chi connectivity index (χ1v) is 7.10. The molecule has 0 aromatic carbocycles. The van der Waals surface area contributed by atoms with Crippen molar-refractivity contribution in [3.63, 3.8) is 0 Å². The molecular weight excluding hydrogens is 230 g/mol. The monoisotopic (exact) mass is 255 g/mol. The Morgan fingerprint density at radius 1 is 1.28 bits per heavy atom. The first kappa shape index (κ1) is 13.8. The lowest BCUT2D eigenvalue weighted by Gasteiger charge is -2.36. The Morgan fingerprint density at radius 2 is 2.06 bits per heavy atom.